The number of nitrogens with one attached hydrogen (secondary N) is 1. The summed E-state index contributed by atoms with van der Waals surface area (Å²) in [6.45, 7) is 6.56. The zero-order valence-electron chi connectivity index (χ0n) is 10.2. The van der Waals surface area contributed by atoms with E-state index in [1.54, 1.807) is 11.3 Å². The third kappa shape index (κ3) is 2.15. The lowest BCUT2D eigenvalue weighted by Crippen LogP contribution is -2.54. The molecule has 1 aliphatic rings. The number of piperazine rings is 1. The van der Waals surface area contributed by atoms with Gasteiger partial charge in [0.15, 0.2) is 5.13 Å². The molecule has 1 N–H and O–H groups in total. The minimum atomic E-state index is 0.533. The van der Waals surface area contributed by atoms with Gasteiger partial charge in [-0.25, -0.2) is 4.98 Å². The molecular weight excluding hydrogens is 230 g/mol. The summed E-state index contributed by atoms with van der Waals surface area (Å²) < 4.78 is 1.28. The lowest BCUT2D eigenvalue weighted by Gasteiger charge is -2.35. The van der Waals surface area contributed by atoms with Gasteiger partial charge in [0, 0.05) is 25.2 Å². The first-order chi connectivity index (χ1) is 8.22. The molecule has 3 rings (SSSR count). The van der Waals surface area contributed by atoms with Crippen molar-refractivity contribution in [3.05, 3.63) is 24.3 Å². The van der Waals surface area contributed by atoms with Crippen LogP contribution < -0.4 is 10.2 Å². The van der Waals surface area contributed by atoms with E-state index in [0.717, 1.165) is 23.7 Å². The van der Waals surface area contributed by atoms with E-state index in [1.165, 1.54) is 4.70 Å². The van der Waals surface area contributed by atoms with Crippen LogP contribution in [0, 0.1) is 0 Å². The summed E-state index contributed by atoms with van der Waals surface area (Å²) in [4.78, 5) is 7.12. The molecule has 0 spiro atoms. The fraction of sp³-hybridized carbons (Fsp3) is 0.462. The van der Waals surface area contributed by atoms with Crippen LogP contribution >= 0.6 is 11.3 Å². The van der Waals surface area contributed by atoms with Crippen LogP contribution in [0.3, 0.4) is 0 Å². The number of fused-ring (bicyclic) bond motifs is 1. The number of thiazole rings is 1. The second kappa shape index (κ2) is 4.27. The first-order valence-corrected chi connectivity index (χ1v) is 6.90. The predicted molar refractivity (Wildman–Crippen MR) is 73.9 cm³/mol. The predicted octanol–water partition coefficient (Wildman–Crippen LogP) is 2.48. The lowest BCUT2D eigenvalue weighted by molar-refractivity contribution is 0.407. The molecule has 2 atom stereocenters. The summed E-state index contributed by atoms with van der Waals surface area (Å²) in [7, 11) is 0. The van der Waals surface area contributed by atoms with Gasteiger partial charge < -0.3 is 10.2 Å². The van der Waals surface area contributed by atoms with Crippen molar-refractivity contribution in [2.45, 2.75) is 25.9 Å². The number of aromatic nitrogens is 1. The van der Waals surface area contributed by atoms with Crippen molar-refractivity contribution in [1.82, 2.24) is 10.3 Å². The summed E-state index contributed by atoms with van der Waals surface area (Å²) in [5.41, 5.74) is 1.12. The summed E-state index contributed by atoms with van der Waals surface area (Å²) in [6.07, 6.45) is 0. The molecule has 4 heteroatoms. The smallest absolute Gasteiger partial charge is 0.186 e. The van der Waals surface area contributed by atoms with E-state index in [0.29, 0.717) is 12.1 Å². The highest BCUT2D eigenvalue weighted by atomic mass is 32.1. The van der Waals surface area contributed by atoms with Crippen LogP contribution in [-0.4, -0.2) is 30.2 Å². The molecule has 1 saturated heterocycles. The molecule has 0 aliphatic carbocycles. The third-order valence-corrected chi connectivity index (χ3v) is 4.21. The van der Waals surface area contributed by atoms with E-state index in [4.69, 9.17) is 4.98 Å². The molecule has 0 amide bonds. The van der Waals surface area contributed by atoms with Crippen molar-refractivity contribution < 1.29 is 0 Å². The molecule has 1 aromatic carbocycles. The first kappa shape index (κ1) is 11.0. The third-order valence-electron chi connectivity index (χ3n) is 3.11. The maximum atomic E-state index is 4.72. The Hall–Kier alpha value is -1.13. The number of hydrogen-bond acceptors (Lipinski definition) is 4. The van der Waals surface area contributed by atoms with Crippen LogP contribution in [0.25, 0.3) is 10.2 Å². The molecule has 1 aromatic heterocycles. The molecule has 0 radical (unpaired) electrons. The maximum absolute atomic E-state index is 4.72. The highest BCUT2D eigenvalue weighted by Crippen LogP contribution is 2.29. The highest BCUT2D eigenvalue weighted by Gasteiger charge is 2.23. The van der Waals surface area contributed by atoms with Gasteiger partial charge in [-0.15, -0.1) is 0 Å². The van der Waals surface area contributed by atoms with Gasteiger partial charge in [0.25, 0.3) is 0 Å². The van der Waals surface area contributed by atoms with Gasteiger partial charge in [0.1, 0.15) is 0 Å². The second-order valence-corrected chi connectivity index (χ2v) is 5.85. The van der Waals surface area contributed by atoms with Crippen LogP contribution in [0.5, 0.6) is 0 Å². The molecule has 1 fully saturated rings. The van der Waals surface area contributed by atoms with Crippen LogP contribution in [-0.2, 0) is 0 Å². The second-order valence-electron chi connectivity index (χ2n) is 4.84. The van der Waals surface area contributed by atoms with Gasteiger partial charge in [-0.2, -0.15) is 0 Å². The SMILES string of the molecule is C[C@@H]1CN(c2nc3ccccc3s2)C[C@@H](C)N1. The van der Waals surface area contributed by atoms with E-state index in [9.17, 15) is 0 Å². The van der Waals surface area contributed by atoms with Crippen molar-refractivity contribution in [1.29, 1.82) is 0 Å². The average Bonchev–Trinajstić information content (AvgIpc) is 2.71. The normalized spacial score (nSPS) is 25.4. The average molecular weight is 247 g/mol. The Bertz CT molecular complexity index is 479. The summed E-state index contributed by atoms with van der Waals surface area (Å²) >= 11 is 1.79. The minimum absolute atomic E-state index is 0.533. The summed E-state index contributed by atoms with van der Waals surface area (Å²) in [6, 6.07) is 9.43. The van der Waals surface area contributed by atoms with E-state index in [1.807, 2.05) is 0 Å². The molecule has 3 nitrogen and oxygen atoms in total. The number of rotatable bonds is 1. The van der Waals surface area contributed by atoms with Gasteiger partial charge in [0.05, 0.1) is 10.2 Å². The first-order valence-electron chi connectivity index (χ1n) is 6.09. The standard InChI is InChI=1S/C13H17N3S/c1-9-7-16(8-10(2)14-9)13-15-11-5-3-4-6-12(11)17-13/h3-6,9-10,14H,7-8H2,1-2H3/t9-,10-/m1/s1. The number of hydrogen-bond donors (Lipinski definition) is 1. The van der Waals surface area contributed by atoms with Crippen LogP contribution in [0.2, 0.25) is 0 Å². The topological polar surface area (TPSA) is 28.2 Å². The Balaban J connectivity index is 1.92. The zero-order valence-corrected chi connectivity index (χ0v) is 11.0. The van der Waals surface area contributed by atoms with Crippen LogP contribution in [0.1, 0.15) is 13.8 Å². The Morgan fingerprint density at radius 1 is 1.24 bits per heavy atom. The fourth-order valence-electron chi connectivity index (χ4n) is 2.48. The monoisotopic (exact) mass is 247 g/mol. The molecule has 0 unspecified atom stereocenters. The number of para-hydroxylation sites is 1. The molecule has 1 aliphatic heterocycles. The van der Waals surface area contributed by atoms with Gasteiger partial charge >= 0.3 is 0 Å². The van der Waals surface area contributed by atoms with E-state index < -0.39 is 0 Å². The van der Waals surface area contributed by atoms with Gasteiger partial charge in [0.2, 0.25) is 0 Å². The quantitative estimate of drug-likeness (QED) is 0.839. The van der Waals surface area contributed by atoms with Crippen LogP contribution in [0.15, 0.2) is 24.3 Å². The molecule has 17 heavy (non-hydrogen) atoms. The van der Waals surface area contributed by atoms with Gasteiger partial charge in [-0.1, -0.05) is 23.5 Å². The Labute approximate surface area is 105 Å². The van der Waals surface area contributed by atoms with Crippen molar-refractivity contribution in [3.63, 3.8) is 0 Å². The van der Waals surface area contributed by atoms with Crippen molar-refractivity contribution in [3.8, 4) is 0 Å². The molecule has 0 saturated carbocycles. The zero-order chi connectivity index (χ0) is 11.8. The lowest BCUT2D eigenvalue weighted by atomic mass is 10.2. The van der Waals surface area contributed by atoms with E-state index >= 15 is 0 Å². The van der Waals surface area contributed by atoms with Crippen molar-refractivity contribution >= 4 is 26.7 Å². The Morgan fingerprint density at radius 2 is 1.94 bits per heavy atom. The molecule has 2 heterocycles. The molecule has 2 aromatic rings. The highest BCUT2D eigenvalue weighted by molar-refractivity contribution is 7.22. The minimum Gasteiger partial charge on any atom is -0.345 e. The van der Waals surface area contributed by atoms with E-state index in [-0.39, 0.29) is 0 Å². The summed E-state index contributed by atoms with van der Waals surface area (Å²) in [5.74, 6) is 0. The number of anilines is 1. The Kier molecular flexibility index (Phi) is 2.76. The van der Waals surface area contributed by atoms with Crippen molar-refractivity contribution in [2.75, 3.05) is 18.0 Å². The molecular formula is C13H17N3S. The van der Waals surface area contributed by atoms with Crippen molar-refractivity contribution in [2.24, 2.45) is 0 Å². The maximum Gasteiger partial charge on any atom is 0.186 e. The number of nitrogens with zero attached hydrogens (tertiary/aromatic N) is 2. The van der Waals surface area contributed by atoms with Crippen LogP contribution in [0.4, 0.5) is 5.13 Å². The summed E-state index contributed by atoms with van der Waals surface area (Å²) in [5, 5.41) is 4.71. The van der Waals surface area contributed by atoms with Gasteiger partial charge in [-0.05, 0) is 26.0 Å². The number of benzene rings is 1. The van der Waals surface area contributed by atoms with Gasteiger partial charge in [-0.3, -0.25) is 0 Å². The van der Waals surface area contributed by atoms with E-state index in [2.05, 4.69) is 48.3 Å². The fourth-order valence-corrected chi connectivity index (χ4v) is 3.46. The molecule has 0 bridgehead atoms. The largest absolute Gasteiger partial charge is 0.345 e. The molecule has 90 valence electrons. The Morgan fingerprint density at radius 3 is 2.65 bits per heavy atom.